The first-order valence-corrected chi connectivity index (χ1v) is 6.85. The summed E-state index contributed by atoms with van der Waals surface area (Å²) in [6.07, 6.45) is 2.65. The number of aryl methyl sites for hydroxylation is 1. The first-order valence-electron chi connectivity index (χ1n) is 6.47. The fourth-order valence-electron chi connectivity index (χ4n) is 2.12. The quantitative estimate of drug-likeness (QED) is 0.889. The zero-order valence-corrected chi connectivity index (χ0v) is 11.9. The van der Waals surface area contributed by atoms with Crippen molar-refractivity contribution in [2.24, 2.45) is 0 Å². The largest absolute Gasteiger partial charge is 0.481 e. The second-order valence-corrected chi connectivity index (χ2v) is 4.92. The van der Waals surface area contributed by atoms with E-state index in [-0.39, 0.29) is 6.42 Å². The summed E-state index contributed by atoms with van der Waals surface area (Å²) in [5.41, 5.74) is 0.604. The molecule has 0 saturated carbocycles. The topological polar surface area (TPSA) is 68.0 Å². The van der Waals surface area contributed by atoms with Gasteiger partial charge < -0.3 is 5.11 Å². The monoisotopic (exact) mass is 293 g/mol. The Labute approximate surface area is 122 Å². The number of benzene rings is 1. The Balaban J connectivity index is 2.29. The first-order chi connectivity index (χ1) is 9.63. The average molecular weight is 294 g/mol. The lowest BCUT2D eigenvalue weighted by Crippen LogP contribution is -2.18. The van der Waals surface area contributed by atoms with Gasteiger partial charge in [0.15, 0.2) is 0 Å². The van der Waals surface area contributed by atoms with Crippen LogP contribution in [-0.2, 0) is 17.8 Å². The summed E-state index contributed by atoms with van der Waals surface area (Å²) < 4.78 is 1.74. The molecule has 20 heavy (non-hydrogen) atoms. The Kier molecular flexibility index (Phi) is 4.74. The molecular formula is C14H16ClN3O2. The summed E-state index contributed by atoms with van der Waals surface area (Å²) in [6.45, 7) is 2.76. The molecule has 2 rings (SSSR count). The van der Waals surface area contributed by atoms with Gasteiger partial charge in [0, 0.05) is 18.0 Å². The average Bonchev–Trinajstić information content (AvgIpc) is 2.84. The van der Waals surface area contributed by atoms with Crippen LogP contribution in [0.15, 0.2) is 30.6 Å². The minimum Gasteiger partial charge on any atom is -0.481 e. The number of carbonyl (C=O) groups is 1. The van der Waals surface area contributed by atoms with E-state index in [2.05, 4.69) is 10.1 Å². The van der Waals surface area contributed by atoms with Crippen LogP contribution in [0.25, 0.3) is 0 Å². The van der Waals surface area contributed by atoms with Gasteiger partial charge in [-0.25, -0.2) is 4.98 Å². The third-order valence-electron chi connectivity index (χ3n) is 3.10. The molecule has 1 atom stereocenters. The van der Waals surface area contributed by atoms with Crippen molar-refractivity contribution in [2.45, 2.75) is 32.2 Å². The van der Waals surface area contributed by atoms with Gasteiger partial charge in [-0.05, 0) is 18.1 Å². The lowest BCUT2D eigenvalue weighted by atomic mass is 9.95. The molecule has 1 aromatic heterocycles. The normalized spacial score (nSPS) is 12.3. The van der Waals surface area contributed by atoms with Crippen molar-refractivity contribution in [3.8, 4) is 0 Å². The number of rotatable bonds is 6. The van der Waals surface area contributed by atoms with E-state index in [4.69, 9.17) is 11.6 Å². The summed E-state index contributed by atoms with van der Waals surface area (Å²) >= 11 is 6.10. The van der Waals surface area contributed by atoms with Gasteiger partial charge in [0.2, 0.25) is 0 Å². The second kappa shape index (κ2) is 6.52. The molecule has 5 nitrogen and oxygen atoms in total. The van der Waals surface area contributed by atoms with Crippen LogP contribution < -0.4 is 0 Å². The van der Waals surface area contributed by atoms with E-state index in [1.807, 2.05) is 6.92 Å². The van der Waals surface area contributed by atoms with Crippen LogP contribution in [0.4, 0.5) is 0 Å². The molecule has 0 fully saturated rings. The molecule has 0 bridgehead atoms. The Bertz CT molecular complexity index is 598. The molecule has 0 spiro atoms. The fraction of sp³-hybridized carbons (Fsp3) is 0.357. The van der Waals surface area contributed by atoms with Gasteiger partial charge in [-0.15, -0.1) is 0 Å². The van der Waals surface area contributed by atoms with Gasteiger partial charge in [0.05, 0.1) is 5.92 Å². The molecule has 0 amide bonds. The molecule has 0 aliphatic heterocycles. The van der Waals surface area contributed by atoms with Gasteiger partial charge >= 0.3 is 5.97 Å². The van der Waals surface area contributed by atoms with Crippen molar-refractivity contribution in [3.63, 3.8) is 0 Å². The Morgan fingerprint density at radius 1 is 1.45 bits per heavy atom. The van der Waals surface area contributed by atoms with Crippen LogP contribution in [-0.4, -0.2) is 25.8 Å². The van der Waals surface area contributed by atoms with Gasteiger partial charge in [-0.3, -0.25) is 9.48 Å². The van der Waals surface area contributed by atoms with Gasteiger partial charge in [0.25, 0.3) is 0 Å². The van der Waals surface area contributed by atoms with E-state index in [9.17, 15) is 9.90 Å². The molecule has 1 N–H and O–H groups in total. The zero-order chi connectivity index (χ0) is 14.5. The van der Waals surface area contributed by atoms with E-state index < -0.39 is 11.9 Å². The number of halogens is 1. The highest BCUT2D eigenvalue weighted by atomic mass is 35.5. The van der Waals surface area contributed by atoms with E-state index in [0.29, 0.717) is 16.4 Å². The highest BCUT2D eigenvalue weighted by Crippen LogP contribution is 2.27. The van der Waals surface area contributed by atoms with Gasteiger partial charge in [-0.1, -0.05) is 36.7 Å². The molecule has 0 aliphatic rings. The lowest BCUT2D eigenvalue weighted by molar-refractivity contribution is -0.138. The number of aromatic nitrogens is 3. The molecule has 1 aromatic carbocycles. The molecule has 1 unspecified atom stereocenters. The summed E-state index contributed by atoms with van der Waals surface area (Å²) in [7, 11) is 0. The van der Waals surface area contributed by atoms with Crippen LogP contribution >= 0.6 is 11.6 Å². The van der Waals surface area contributed by atoms with Crippen molar-refractivity contribution < 1.29 is 9.90 Å². The zero-order valence-electron chi connectivity index (χ0n) is 11.2. The molecule has 106 valence electrons. The van der Waals surface area contributed by atoms with Gasteiger partial charge in [0.1, 0.15) is 12.2 Å². The fourth-order valence-corrected chi connectivity index (χ4v) is 2.38. The Morgan fingerprint density at radius 3 is 2.85 bits per heavy atom. The van der Waals surface area contributed by atoms with Crippen molar-refractivity contribution >= 4 is 17.6 Å². The molecule has 0 radical (unpaired) electrons. The third kappa shape index (κ3) is 3.17. The second-order valence-electron chi connectivity index (χ2n) is 4.52. The van der Waals surface area contributed by atoms with Crippen molar-refractivity contribution in [1.82, 2.24) is 14.8 Å². The number of hydrogen-bond acceptors (Lipinski definition) is 3. The van der Waals surface area contributed by atoms with Crippen LogP contribution in [0.3, 0.4) is 0 Å². The Hall–Kier alpha value is -1.88. The van der Waals surface area contributed by atoms with Crippen LogP contribution in [0.5, 0.6) is 0 Å². The van der Waals surface area contributed by atoms with E-state index in [0.717, 1.165) is 13.0 Å². The molecule has 6 heteroatoms. The van der Waals surface area contributed by atoms with E-state index in [1.54, 1.807) is 28.9 Å². The highest BCUT2D eigenvalue weighted by Gasteiger charge is 2.24. The predicted octanol–water partition coefficient (Wildman–Crippen LogP) is 2.75. The molecule has 0 aliphatic carbocycles. The predicted molar refractivity (Wildman–Crippen MR) is 75.8 cm³/mol. The molecular weight excluding hydrogens is 278 g/mol. The summed E-state index contributed by atoms with van der Waals surface area (Å²) in [5, 5.41) is 14.0. The van der Waals surface area contributed by atoms with Crippen molar-refractivity contribution in [1.29, 1.82) is 0 Å². The number of carboxylic acid groups (broad SMARTS) is 1. The maximum Gasteiger partial charge on any atom is 0.311 e. The van der Waals surface area contributed by atoms with Crippen molar-refractivity contribution in [2.75, 3.05) is 0 Å². The maximum absolute atomic E-state index is 11.5. The summed E-state index contributed by atoms with van der Waals surface area (Å²) in [5.74, 6) is -0.966. The molecule has 0 saturated heterocycles. The highest BCUT2D eigenvalue weighted by molar-refractivity contribution is 6.31. The Morgan fingerprint density at radius 2 is 2.20 bits per heavy atom. The van der Waals surface area contributed by atoms with Crippen molar-refractivity contribution in [3.05, 3.63) is 47.0 Å². The standard InChI is InChI=1S/C14H16ClN3O2/c1-2-7-18-13(16-9-17-18)8-11(14(19)20)10-5-3-4-6-12(10)15/h3-6,9,11H,2,7-8H2,1H3,(H,19,20). The molecule has 2 aromatic rings. The number of hydrogen-bond donors (Lipinski definition) is 1. The number of aliphatic carboxylic acids is 1. The third-order valence-corrected chi connectivity index (χ3v) is 3.44. The van der Waals surface area contributed by atoms with Crippen LogP contribution in [0, 0.1) is 0 Å². The summed E-state index contributed by atoms with van der Waals surface area (Å²) in [6, 6.07) is 7.00. The van der Waals surface area contributed by atoms with E-state index in [1.165, 1.54) is 6.33 Å². The summed E-state index contributed by atoms with van der Waals surface area (Å²) in [4.78, 5) is 15.7. The van der Waals surface area contributed by atoms with E-state index >= 15 is 0 Å². The number of nitrogens with zero attached hydrogens (tertiary/aromatic N) is 3. The first kappa shape index (κ1) is 14.5. The van der Waals surface area contributed by atoms with Crippen LogP contribution in [0.2, 0.25) is 5.02 Å². The SMILES string of the molecule is CCCn1ncnc1CC(C(=O)O)c1ccccc1Cl. The molecule has 1 heterocycles. The lowest BCUT2D eigenvalue weighted by Gasteiger charge is -2.14. The minimum atomic E-state index is -0.913. The van der Waals surface area contributed by atoms with Crippen LogP contribution in [0.1, 0.15) is 30.7 Å². The van der Waals surface area contributed by atoms with Gasteiger partial charge in [-0.2, -0.15) is 5.10 Å². The number of carboxylic acids is 1. The minimum absolute atomic E-state index is 0.277. The maximum atomic E-state index is 11.5. The smallest absolute Gasteiger partial charge is 0.311 e.